The molecule has 2 heterocycles. The molecule has 2 aromatic rings. The number of aryl methyl sites for hydroxylation is 2. The van der Waals surface area contributed by atoms with E-state index in [-0.39, 0.29) is 0 Å². The van der Waals surface area contributed by atoms with Gasteiger partial charge < -0.3 is 5.32 Å². The topological polar surface area (TPSA) is 37.8 Å². The van der Waals surface area contributed by atoms with Crippen molar-refractivity contribution in [2.24, 2.45) is 0 Å². The maximum absolute atomic E-state index is 4.95. The molecular weight excluding hydrogens is 278 g/mol. The van der Waals surface area contributed by atoms with Crippen LogP contribution in [-0.4, -0.2) is 16.0 Å². The van der Waals surface area contributed by atoms with Gasteiger partial charge in [-0.3, -0.25) is 4.98 Å². The molecule has 1 fully saturated rings. The summed E-state index contributed by atoms with van der Waals surface area (Å²) in [5.41, 5.74) is 4.67. The van der Waals surface area contributed by atoms with Crippen LogP contribution in [0.3, 0.4) is 0 Å². The Morgan fingerprint density at radius 1 is 1.19 bits per heavy atom. The normalized spacial score (nSPS) is 14.9. The molecular formula is C17H23N3S. The molecule has 112 valence electrons. The predicted octanol–water partition coefficient (Wildman–Crippen LogP) is 4.20. The van der Waals surface area contributed by atoms with E-state index < -0.39 is 0 Å². The Bertz CT molecular complexity index is 621. The zero-order chi connectivity index (χ0) is 15.0. The molecule has 0 atom stereocenters. The third-order valence-electron chi connectivity index (χ3n) is 3.69. The minimum Gasteiger partial charge on any atom is -0.310 e. The van der Waals surface area contributed by atoms with Gasteiger partial charge in [-0.1, -0.05) is 13.8 Å². The lowest BCUT2D eigenvalue weighted by Gasteiger charge is -2.07. The van der Waals surface area contributed by atoms with Gasteiger partial charge in [0.1, 0.15) is 5.01 Å². The van der Waals surface area contributed by atoms with Gasteiger partial charge in [0.15, 0.2) is 0 Å². The van der Waals surface area contributed by atoms with Gasteiger partial charge in [-0.2, -0.15) is 0 Å². The van der Waals surface area contributed by atoms with E-state index >= 15 is 0 Å². The van der Waals surface area contributed by atoms with E-state index in [2.05, 4.69) is 36.3 Å². The zero-order valence-corrected chi connectivity index (χ0v) is 14.0. The average Bonchev–Trinajstić information content (AvgIpc) is 3.15. The Morgan fingerprint density at radius 2 is 1.86 bits per heavy atom. The van der Waals surface area contributed by atoms with Crippen molar-refractivity contribution < 1.29 is 0 Å². The van der Waals surface area contributed by atoms with Gasteiger partial charge in [-0.05, 0) is 38.8 Å². The van der Waals surface area contributed by atoms with Gasteiger partial charge in [0, 0.05) is 40.3 Å². The highest BCUT2D eigenvalue weighted by molar-refractivity contribution is 7.15. The molecule has 0 saturated heterocycles. The monoisotopic (exact) mass is 301 g/mol. The van der Waals surface area contributed by atoms with Crippen molar-refractivity contribution >= 4 is 11.3 Å². The summed E-state index contributed by atoms with van der Waals surface area (Å²) in [7, 11) is 0. The number of aromatic nitrogens is 2. The number of thiazole rings is 1. The fourth-order valence-corrected chi connectivity index (χ4v) is 3.63. The number of hydrogen-bond acceptors (Lipinski definition) is 4. The molecule has 0 bridgehead atoms. The minimum atomic E-state index is 0.507. The summed E-state index contributed by atoms with van der Waals surface area (Å²) in [6, 6.07) is 4.79. The van der Waals surface area contributed by atoms with Crippen molar-refractivity contribution in [3.63, 3.8) is 0 Å². The van der Waals surface area contributed by atoms with Crippen LogP contribution in [0.1, 0.15) is 54.6 Å². The summed E-state index contributed by atoms with van der Waals surface area (Å²) >= 11 is 1.84. The van der Waals surface area contributed by atoms with Crippen LogP contribution in [0.25, 0.3) is 10.6 Å². The molecule has 4 heteroatoms. The van der Waals surface area contributed by atoms with Crippen LogP contribution < -0.4 is 5.32 Å². The van der Waals surface area contributed by atoms with E-state index in [0.29, 0.717) is 12.0 Å². The highest BCUT2D eigenvalue weighted by Crippen LogP contribution is 2.44. The zero-order valence-electron chi connectivity index (χ0n) is 13.2. The summed E-state index contributed by atoms with van der Waals surface area (Å²) in [5.74, 6) is 0.697. The Hall–Kier alpha value is -1.26. The van der Waals surface area contributed by atoms with Crippen molar-refractivity contribution in [2.75, 3.05) is 0 Å². The molecule has 21 heavy (non-hydrogen) atoms. The lowest BCUT2D eigenvalue weighted by molar-refractivity contribution is 0.590. The first-order valence-corrected chi connectivity index (χ1v) is 8.53. The lowest BCUT2D eigenvalue weighted by atomic mass is 10.2. The summed E-state index contributed by atoms with van der Waals surface area (Å²) < 4.78 is 0. The molecule has 0 amide bonds. The first-order chi connectivity index (χ1) is 10.0. The van der Waals surface area contributed by atoms with E-state index in [1.165, 1.54) is 29.0 Å². The average molecular weight is 301 g/mol. The molecule has 0 aromatic carbocycles. The van der Waals surface area contributed by atoms with Crippen LogP contribution in [0.5, 0.6) is 0 Å². The molecule has 0 unspecified atom stereocenters. The van der Waals surface area contributed by atoms with Crippen molar-refractivity contribution in [2.45, 2.75) is 59.0 Å². The highest BCUT2D eigenvalue weighted by Gasteiger charge is 2.29. The quantitative estimate of drug-likeness (QED) is 0.899. The van der Waals surface area contributed by atoms with Crippen molar-refractivity contribution in [3.05, 3.63) is 34.1 Å². The maximum Gasteiger partial charge on any atom is 0.124 e. The molecule has 3 nitrogen and oxygen atoms in total. The smallest absolute Gasteiger partial charge is 0.124 e. The molecule has 1 N–H and O–H groups in total. The summed E-state index contributed by atoms with van der Waals surface area (Å²) in [5, 5.41) is 4.67. The number of pyridine rings is 1. The Kier molecular flexibility index (Phi) is 4.09. The summed E-state index contributed by atoms with van der Waals surface area (Å²) in [6.45, 7) is 9.41. The van der Waals surface area contributed by atoms with Crippen LogP contribution in [0.4, 0.5) is 0 Å². The van der Waals surface area contributed by atoms with Gasteiger partial charge in [0.05, 0.1) is 5.69 Å². The number of rotatable bonds is 5. The number of nitrogens with one attached hydrogen (secondary N) is 1. The molecule has 0 spiro atoms. The number of nitrogens with zero attached hydrogens (tertiary/aromatic N) is 2. The van der Waals surface area contributed by atoms with E-state index in [9.17, 15) is 0 Å². The van der Waals surface area contributed by atoms with Gasteiger partial charge in [0.25, 0.3) is 0 Å². The second kappa shape index (κ2) is 5.85. The van der Waals surface area contributed by atoms with Crippen molar-refractivity contribution in [1.82, 2.24) is 15.3 Å². The largest absolute Gasteiger partial charge is 0.310 e. The van der Waals surface area contributed by atoms with E-state index in [1.807, 2.05) is 25.2 Å². The maximum atomic E-state index is 4.95. The Labute approximate surface area is 130 Å². The SMILES string of the molecule is Cc1cc(-c2nc(C3CC3)c(CNC(C)C)s2)cc(C)n1. The van der Waals surface area contributed by atoms with Gasteiger partial charge in [-0.15, -0.1) is 11.3 Å². The summed E-state index contributed by atoms with van der Waals surface area (Å²) in [4.78, 5) is 10.8. The fraction of sp³-hybridized carbons (Fsp3) is 0.529. The van der Waals surface area contributed by atoms with Crippen LogP contribution in [-0.2, 0) is 6.54 Å². The van der Waals surface area contributed by atoms with Gasteiger partial charge >= 0.3 is 0 Å². The van der Waals surface area contributed by atoms with Crippen molar-refractivity contribution in [1.29, 1.82) is 0 Å². The number of hydrogen-bond donors (Lipinski definition) is 1. The Balaban J connectivity index is 1.93. The molecule has 0 radical (unpaired) electrons. The Morgan fingerprint density at radius 3 is 2.43 bits per heavy atom. The van der Waals surface area contributed by atoms with E-state index in [4.69, 9.17) is 4.98 Å². The minimum absolute atomic E-state index is 0.507. The van der Waals surface area contributed by atoms with Crippen LogP contribution in [0.2, 0.25) is 0 Å². The standard InChI is InChI=1S/C17H23N3S/c1-10(2)18-9-15-16(13-5-6-13)20-17(21-15)14-7-11(3)19-12(4)8-14/h7-8,10,13,18H,5-6,9H2,1-4H3. The second-order valence-electron chi connectivity index (χ2n) is 6.28. The summed E-state index contributed by atoms with van der Waals surface area (Å²) in [6.07, 6.45) is 2.60. The lowest BCUT2D eigenvalue weighted by Crippen LogP contribution is -2.21. The van der Waals surface area contributed by atoms with E-state index in [0.717, 1.165) is 22.9 Å². The van der Waals surface area contributed by atoms with Crippen LogP contribution in [0.15, 0.2) is 12.1 Å². The van der Waals surface area contributed by atoms with Gasteiger partial charge in [-0.25, -0.2) is 4.98 Å². The van der Waals surface area contributed by atoms with Gasteiger partial charge in [0.2, 0.25) is 0 Å². The first kappa shape index (κ1) is 14.7. The third-order valence-corrected chi connectivity index (χ3v) is 4.81. The first-order valence-electron chi connectivity index (χ1n) is 7.71. The van der Waals surface area contributed by atoms with Crippen LogP contribution in [0, 0.1) is 13.8 Å². The highest BCUT2D eigenvalue weighted by atomic mass is 32.1. The van der Waals surface area contributed by atoms with Crippen molar-refractivity contribution in [3.8, 4) is 10.6 Å². The molecule has 3 rings (SSSR count). The predicted molar refractivity (Wildman–Crippen MR) is 88.8 cm³/mol. The molecule has 1 saturated carbocycles. The molecule has 1 aliphatic carbocycles. The third kappa shape index (κ3) is 3.50. The van der Waals surface area contributed by atoms with Crippen LogP contribution >= 0.6 is 11.3 Å². The van der Waals surface area contributed by atoms with E-state index in [1.54, 1.807) is 0 Å². The molecule has 1 aliphatic rings. The molecule has 2 aromatic heterocycles. The second-order valence-corrected chi connectivity index (χ2v) is 7.36. The fourth-order valence-electron chi connectivity index (χ4n) is 2.54. The molecule has 0 aliphatic heterocycles.